The lowest BCUT2D eigenvalue weighted by molar-refractivity contribution is 0.00578. The van der Waals surface area contributed by atoms with Crippen molar-refractivity contribution in [2.75, 3.05) is 13.2 Å². The maximum Gasteiger partial charge on any atom is 0.498 e. The Kier molecular flexibility index (Phi) is 5.50. The molecule has 0 unspecified atom stereocenters. The Morgan fingerprint density at radius 2 is 1.67 bits per heavy atom. The summed E-state index contributed by atoms with van der Waals surface area (Å²) in [5, 5.41) is 0. The van der Waals surface area contributed by atoms with Crippen molar-refractivity contribution < 1.29 is 23.2 Å². The van der Waals surface area contributed by atoms with Gasteiger partial charge < -0.3 is 18.8 Å². The van der Waals surface area contributed by atoms with Crippen LogP contribution in [0.2, 0.25) is 0 Å². The minimum atomic E-state index is -0.700. The maximum absolute atomic E-state index is 14.2. The van der Waals surface area contributed by atoms with Gasteiger partial charge in [-0.2, -0.15) is 0 Å². The van der Waals surface area contributed by atoms with E-state index < -0.39 is 24.1 Å². The molecule has 1 heterocycles. The molecule has 0 saturated carbocycles. The zero-order valence-corrected chi connectivity index (χ0v) is 15.7. The summed E-state index contributed by atoms with van der Waals surface area (Å²) in [6.45, 7) is 14.7. The van der Waals surface area contributed by atoms with Gasteiger partial charge in [0.25, 0.3) is 0 Å². The lowest BCUT2D eigenvalue weighted by Gasteiger charge is -2.32. The molecule has 1 aliphatic rings. The number of ether oxygens (including phenoxy) is 2. The van der Waals surface area contributed by atoms with Crippen LogP contribution in [-0.2, 0) is 9.31 Å². The normalized spacial score (nSPS) is 19.0. The lowest BCUT2D eigenvalue weighted by atomic mass is 9.78. The fraction of sp³-hybridized carbons (Fsp3) is 0.667. The molecule has 0 atom stereocenters. The van der Waals surface area contributed by atoms with Crippen LogP contribution in [0.4, 0.5) is 4.39 Å². The molecule has 0 spiro atoms. The number of hydrogen-bond acceptors (Lipinski definition) is 4. The molecule has 4 nitrogen and oxygen atoms in total. The molecular weight excluding hydrogens is 310 g/mol. The summed E-state index contributed by atoms with van der Waals surface area (Å²) in [4.78, 5) is 0. The second kappa shape index (κ2) is 6.92. The minimum absolute atomic E-state index is 0.322. The molecule has 0 bridgehead atoms. The van der Waals surface area contributed by atoms with Gasteiger partial charge in [0.15, 0.2) is 11.5 Å². The van der Waals surface area contributed by atoms with E-state index in [1.165, 1.54) is 12.1 Å². The Morgan fingerprint density at radius 3 is 2.17 bits per heavy atom. The Hall–Kier alpha value is -1.27. The third-order valence-corrected chi connectivity index (χ3v) is 4.42. The van der Waals surface area contributed by atoms with E-state index in [2.05, 4.69) is 0 Å². The van der Waals surface area contributed by atoms with E-state index >= 15 is 0 Å². The number of benzene rings is 1. The third kappa shape index (κ3) is 3.86. The summed E-state index contributed by atoms with van der Waals surface area (Å²) < 4.78 is 37.8. The van der Waals surface area contributed by atoms with Gasteiger partial charge in [0.2, 0.25) is 0 Å². The lowest BCUT2D eigenvalue weighted by Crippen LogP contribution is -2.41. The fourth-order valence-corrected chi connectivity index (χ4v) is 2.40. The van der Waals surface area contributed by atoms with Gasteiger partial charge >= 0.3 is 7.12 Å². The highest BCUT2D eigenvalue weighted by Gasteiger charge is 2.52. The molecule has 1 fully saturated rings. The van der Waals surface area contributed by atoms with Crippen LogP contribution < -0.4 is 14.9 Å². The molecule has 0 radical (unpaired) electrons. The Labute approximate surface area is 144 Å². The van der Waals surface area contributed by atoms with Crippen molar-refractivity contribution in [1.82, 2.24) is 0 Å². The van der Waals surface area contributed by atoms with Gasteiger partial charge in [0.05, 0.1) is 24.4 Å². The Morgan fingerprint density at radius 1 is 1.08 bits per heavy atom. The summed E-state index contributed by atoms with van der Waals surface area (Å²) in [6.07, 6.45) is 0. The molecule has 1 aromatic rings. The Bertz CT molecular complexity index is 571. The standard InChI is InChI=1S/C18H28BFO4/c1-8-21-16-14(19-23-17(4,5)18(6,7)24-19)9-13(20)10-15(16)22-11-12(2)3/h9-10,12H,8,11H2,1-7H3. The van der Waals surface area contributed by atoms with Crippen LogP contribution >= 0.6 is 0 Å². The largest absolute Gasteiger partial charge is 0.498 e. The molecule has 1 saturated heterocycles. The van der Waals surface area contributed by atoms with Crippen molar-refractivity contribution in [3.05, 3.63) is 17.9 Å². The SMILES string of the molecule is CCOc1c(OCC(C)C)cc(F)cc1B1OC(C)(C)C(C)(C)O1. The van der Waals surface area contributed by atoms with Gasteiger partial charge in [-0.3, -0.25) is 0 Å². The third-order valence-electron chi connectivity index (χ3n) is 4.42. The van der Waals surface area contributed by atoms with Gasteiger partial charge in [-0.25, -0.2) is 4.39 Å². The Balaban J connectivity index is 2.42. The van der Waals surface area contributed by atoms with Crippen LogP contribution in [-0.4, -0.2) is 31.5 Å². The van der Waals surface area contributed by atoms with Crippen molar-refractivity contribution in [3.8, 4) is 11.5 Å². The number of rotatable bonds is 6. The van der Waals surface area contributed by atoms with Crippen molar-refractivity contribution >= 4 is 12.6 Å². The second-order valence-electron chi connectivity index (χ2n) is 7.55. The topological polar surface area (TPSA) is 36.9 Å². The van der Waals surface area contributed by atoms with Gasteiger partial charge in [-0.15, -0.1) is 0 Å². The van der Waals surface area contributed by atoms with Crippen molar-refractivity contribution in [1.29, 1.82) is 0 Å². The first-order valence-corrected chi connectivity index (χ1v) is 8.52. The summed E-state index contributed by atoms with van der Waals surface area (Å²) in [6, 6.07) is 2.75. The second-order valence-corrected chi connectivity index (χ2v) is 7.55. The average Bonchev–Trinajstić information content (AvgIpc) is 2.67. The van der Waals surface area contributed by atoms with Crippen LogP contribution in [0.3, 0.4) is 0 Å². The molecule has 2 rings (SSSR count). The summed E-state index contributed by atoms with van der Waals surface area (Å²) in [7, 11) is -0.700. The van der Waals surface area contributed by atoms with E-state index in [1.807, 2.05) is 48.5 Å². The fourth-order valence-electron chi connectivity index (χ4n) is 2.40. The molecule has 1 aromatic carbocycles. The predicted molar refractivity (Wildman–Crippen MR) is 93.6 cm³/mol. The van der Waals surface area contributed by atoms with E-state index in [0.717, 1.165) is 0 Å². The van der Waals surface area contributed by atoms with Gasteiger partial charge in [-0.05, 0) is 46.6 Å². The molecule has 0 amide bonds. The highest BCUT2D eigenvalue weighted by molar-refractivity contribution is 6.63. The van der Waals surface area contributed by atoms with E-state index in [4.69, 9.17) is 18.8 Å². The monoisotopic (exact) mass is 338 g/mol. The van der Waals surface area contributed by atoms with Crippen LogP contribution in [0.25, 0.3) is 0 Å². The summed E-state index contributed by atoms with van der Waals surface area (Å²) >= 11 is 0. The predicted octanol–water partition coefficient (Wildman–Crippen LogP) is 3.56. The smallest absolute Gasteiger partial charge is 0.490 e. The molecule has 24 heavy (non-hydrogen) atoms. The molecule has 0 aromatic heterocycles. The van der Waals surface area contributed by atoms with Crippen molar-refractivity contribution in [2.24, 2.45) is 5.92 Å². The number of halogens is 1. The van der Waals surface area contributed by atoms with Crippen LogP contribution in [0.5, 0.6) is 11.5 Å². The minimum Gasteiger partial charge on any atom is -0.490 e. The zero-order valence-electron chi connectivity index (χ0n) is 15.7. The highest BCUT2D eigenvalue weighted by atomic mass is 19.1. The van der Waals surface area contributed by atoms with Crippen LogP contribution in [0.15, 0.2) is 12.1 Å². The average molecular weight is 338 g/mol. The van der Waals surface area contributed by atoms with Gasteiger partial charge in [0.1, 0.15) is 5.82 Å². The highest BCUT2D eigenvalue weighted by Crippen LogP contribution is 2.38. The van der Waals surface area contributed by atoms with E-state index in [9.17, 15) is 4.39 Å². The quantitative estimate of drug-likeness (QED) is 0.744. The first-order valence-electron chi connectivity index (χ1n) is 8.52. The van der Waals surface area contributed by atoms with Crippen LogP contribution in [0.1, 0.15) is 48.5 Å². The molecule has 0 N–H and O–H groups in total. The number of hydrogen-bond donors (Lipinski definition) is 0. The van der Waals surface area contributed by atoms with Crippen molar-refractivity contribution in [2.45, 2.75) is 59.7 Å². The van der Waals surface area contributed by atoms with Gasteiger partial charge in [-0.1, -0.05) is 13.8 Å². The van der Waals surface area contributed by atoms with E-state index in [1.54, 1.807) is 0 Å². The molecule has 1 aliphatic heterocycles. The summed E-state index contributed by atoms with van der Waals surface area (Å²) in [5.41, 5.74) is -0.493. The van der Waals surface area contributed by atoms with Crippen LogP contribution in [0, 0.1) is 11.7 Å². The van der Waals surface area contributed by atoms with E-state index in [0.29, 0.717) is 36.1 Å². The zero-order chi connectivity index (χ0) is 18.1. The summed E-state index contributed by atoms with van der Waals surface area (Å²) in [5.74, 6) is 0.790. The first-order chi connectivity index (χ1) is 11.1. The molecule has 6 heteroatoms. The molecular formula is C18H28BFO4. The first kappa shape index (κ1) is 19.1. The van der Waals surface area contributed by atoms with Crippen molar-refractivity contribution in [3.63, 3.8) is 0 Å². The molecule has 134 valence electrons. The maximum atomic E-state index is 14.2. The van der Waals surface area contributed by atoms with E-state index in [-0.39, 0.29) is 0 Å². The molecule has 0 aliphatic carbocycles. The van der Waals surface area contributed by atoms with Gasteiger partial charge in [0, 0.05) is 11.5 Å².